The molecule has 0 fully saturated rings. The summed E-state index contributed by atoms with van der Waals surface area (Å²) in [6.07, 6.45) is 6.74. The minimum absolute atomic E-state index is 0.0365. The zero-order valence-electron chi connectivity index (χ0n) is 14.7. The first-order valence-electron chi connectivity index (χ1n) is 8.46. The second kappa shape index (κ2) is 10.0. The van der Waals surface area contributed by atoms with Gasteiger partial charge in [0.05, 0.1) is 0 Å². The van der Waals surface area contributed by atoms with Crippen molar-refractivity contribution in [3.05, 3.63) is 96.6 Å². The third kappa shape index (κ3) is 5.76. The van der Waals surface area contributed by atoms with Crippen LogP contribution in [0, 0.1) is 0 Å². The Kier molecular flexibility index (Phi) is 7.40. The van der Waals surface area contributed by atoms with Gasteiger partial charge in [-0.15, -0.1) is 0 Å². The quantitative estimate of drug-likeness (QED) is 0.605. The van der Waals surface area contributed by atoms with Gasteiger partial charge in [0.25, 0.3) is 0 Å². The highest BCUT2D eigenvalue weighted by Crippen LogP contribution is 2.17. The fourth-order valence-corrected chi connectivity index (χ4v) is 2.56. The van der Waals surface area contributed by atoms with E-state index >= 15 is 0 Å². The van der Waals surface area contributed by atoms with E-state index in [0.717, 1.165) is 23.1 Å². The Morgan fingerprint density at radius 2 is 1.77 bits per heavy atom. The van der Waals surface area contributed by atoms with E-state index < -0.39 is 0 Å². The molecule has 0 spiro atoms. The third-order valence-corrected chi connectivity index (χ3v) is 3.86. The molecule has 4 nitrogen and oxygen atoms in total. The number of aliphatic hydroxyl groups excluding tert-OH is 1. The predicted octanol–water partition coefficient (Wildman–Crippen LogP) is 4.71. The van der Waals surface area contributed by atoms with Crippen LogP contribution < -0.4 is 10.6 Å². The molecule has 0 bridgehead atoms. The van der Waals surface area contributed by atoms with Crippen LogP contribution in [-0.2, 0) is 12.8 Å². The number of carbonyl (C=O) groups is 1. The summed E-state index contributed by atoms with van der Waals surface area (Å²) in [7, 11) is 0. The number of hydrogen-bond donors (Lipinski definition) is 3. The van der Waals surface area contributed by atoms with Crippen LogP contribution in [0.5, 0.6) is 0 Å². The Balaban J connectivity index is 1.98. The molecule has 0 saturated carbocycles. The summed E-state index contributed by atoms with van der Waals surface area (Å²) in [5.41, 5.74) is 4.50. The highest BCUT2D eigenvalue weighted by atomic mass is 16.3. The number of aliphatic hydroxyl groups is 1. The van der Waals surface area contributed by atoms with Gasteiger partial charge in [-0.1, -0.05) is 61.7 Å². The van der Waals surface area contributed by atoms with Crippen LogP contribution in [0.3, 0.4) is 0 Å². The summed E-state index contributed by atoms with van der Waals surface area (Å²) in [6.45, 7) is 7.53. The fraction of sp³-hybridized carbons (Fsp3) is 0.136. The molecule has 2 aromatic rings. The van der Waals surface area contributed by atoms with Gasteiger partial charge in [0.1, 0.15) is 0 Å². The Morgan fingerprint density at radius 1 is 1.04 bits per heavy atom. The van der Waals surface area contributed by atoms with Crippen LogP contribution in [0.25, 0.3) is 0 Å². The van der Waals surface area contributed by atoms with Crippen molar-refractivity contribution < 1.29 is 9.90 Å². The van der Waals surface area contributed by atoms with Gasteiger partial charge in [0.15, 0.2) is 0 Å². The molecule has 3 N–H and O–H groups in total. The second-order valence-electron chi connectivity index (χ2n) is 5.76. The molecule has 4 heteroatoms. The second-order valence-corrected chi connectivity index (χ2v) is 5.76. The highest BCUT2D eigenvalue weighted by Gasteiger charge is 2.06. The number of allylic oxidation sites excluding steroid dienone is 4. The summed E-state index contributed by atoms with van der Waals surface area (Å²) >= 11 is 0. The molecule has 0 unspecified atom stereocenters. The minimum atomic E-state index is -0.318. The van der Waals surface area contributed by atoms with Crippen molar-refractivity contribution in [3.63, 3.8) is 0 Å². The van der Waals surface area contributed by atoms with Gasteiger partial charge in [-0.3, -0.25) is 0 Å². The van der Waals surface area contributed by atoms with Gasteiger partial charge in [-0.25, -0.2) is 4.79 Å². The van der Waals surface area contributed by atoms with Crippen molar-refractivity contribution in [1.82, 2.24) is 0 Å². The van der Waals surface area contributed by atoms with Gasteiger partial charge >= 0.3 is 6.03 Å². The maximum atomic E-state index is 12.2. The van der Waals surface area contributed by atoms with E-state index in [1.165, 1.54) is 0 Å². The number of urea groups is 1. The van der Waals surface area contributed by atoms with Crippen molar-refractivity contribution >= 4 is 17.4 Å². The number of hydrogen-bond acceptors (Lipinski definition) is 2. The normalized spacial score (nSPS) is 10.9. The molecule has 0 saturated heterocycles. The zero-order valence-corrected chi connectivity index (χ0v) is 14.7. The zero-order chi connectivity index (χ0) is 18.8. The average Bonchev–Trinajstić information content (AvgIpc) is 2.64. The van der Waals surface area contributed by atoms with Crippen molar-refractivity contribution in [2.24, 2.45) is 0 Å². The SMILES string of the molecule is C=C/C=C(\C=C)Cc1ccc(NC(=O)Nc2ccccc2CCO)cc1. The van der Waals surface area contributed by atoms with Crippen molar-refractivity contribution in [1.29, 1.82) is 0 Å². The largest absolute Gasteiger partial charge is 0.396 e. The molecule has 2 rings (SSSR count). The van der Waals surface area contributed by atoms with E-state index in [0.29, 0.717) is 17.8 Å². The molecule has 0 heterocycles. The number of rotatable bonds is 8. The van der Waals surface area contributed by atoms with Crippen LogP contribution in [0.15, 0.2) is 85.5 Å². The Hall–Kier alpha value is -3.11. The van der Waals surface area contributed by atoms with E-state index in [9.17, 15) is 4.79 Å². The van der Waals surface area contributed by atoms with Gasteiger partial charge in [0, 0.05) is 18.0 Å². The number of anilines is 2. The maximum Gasteiger partial charge on any atom is 0.323 e. The minimum Gasteiger partial charge on any atom is -0.396 e. The predicted molar refractivity (Wildman–Crippen MR) is 108 cm³/mol. The summed E-state index contributed by atoms with van der Waals surface area (Å²) in [5, 5.41) is 14.7. The lowest BCUT2D eigenvalue weighted by molar-refractivity contribution is 0.262. The van der Waals surface area contributed by atoms with E-state index in [4.69, 9.17) is 5.11 Å². The van der Waals surface area contributed by atoms with E-state index in [2.05, 4.69) is 23.8 Å². The monoisotopic (exact) mass is 348 g/mol. The first-order valence-corrected chi connectivity index (χ1v) is 8.46. The smallest absolute Gasteiger partial charge is 0.323 e. The van der Waals surface area contributed by atoms with Crippen LogP contribution in [0.4, 0.5) is 16.2 Å². The molecule has 0 atom stereocenters. The molecule has 0 aromatic heterocycles. The molecule has 0 radical (unpaired) electrons. The molecule has 2 amide bonds. The fourth-order valence-electron chi connectivity index (χ4n) is 2.56. The highest BCUT2D eigenvalue weighted by molar-refractivity contribution is 6.00. The molecule has 134 valence electrons. The Morgan fingerprint density at radius 3 is 2.42 bits per heavy atom. The van der Waals surface area contributed by atoms with Gasteiger partial charge < -0.3 is 15.7 Å². The lowest BCUT2D eigenvalue weighted by atomic mass is 10.0. The van der Waals surface area contributed by atoms with Crippen LogP contribution in [0.2, 0.25) is 0 Å². The number of carbonyl (C=O) groups excluding carboxylic acids is 1. The lowest BCUT2D eigenvalue weighted by Crippen LogP contribution is -2.20. The number of para-hydroxylation sites is 1. The number of amides is 2. The number of benzene rings is 2. The average molecular weight is 348 g/mol. The summed E-state index contributed by atoms with van der Waals surface area (Å²) < 4.78 is 0. The van der Waals surface area contributed by atoms with Gasteiger partial charge in [-0.05, 0) is 47.7 Å². The summed E-state index contributed by atoms with van der Waals surface area (Å²) in [5.74, 6) is 0. The molecular weight excluding hydrogens is 324 g/mol. The van der Waals surface area contributed by atoms with E-state index in [1.807, 2.05) is 60.7 Å². The maximum absolute atomic E-state index is 12.2. The standard InChI is InChI=1S/C22H24N2O2/c1-3-7-17(4-2)16-18-10-12-20(13-11-18)23-22(26)24-21-9-6-5-8-19(21)14-15-25/h3-13,25H,1-2,14-16H2,(H2,23,24,26)/b17-7+. The molecule has 26 heavy (non-hydrogen) atoms. The molecular formula is C22H24N2O2. The van der Waals surface area contributed by atoms with Gasteiger partial charge in [-0.2, -0.15) is 0 Å². The van der Waals surface area contributed by atoms with E-state index in [-0.39, 0.29) is 12.6 Å². The van der Waals surface area contributed by atoms with Crippen LogP contribution >= 0.6 is 0 Å². The first-order chi connectivity index (χ1) is 12.7. The van der Waals surface area contributed by atoms with Crippen LogP contribution in [-0.4, -0.2) is 17.7 Å². The van der Waals surface area contributed by atoms with E-state index in [1.54, 1.807) is 6.08 Å². The van der Waals surface area contributed by atoms with Crippen molar-refractivity contribution in [2.45, 2.75) is 12.8 Å². The van der Waals surface area contributed by atoms with Crippen LogP contribution in [0.1, 0.15) is 11.1 Å². The summed E-state index contributed by atoms with van der Waals surface area (Å²) in [4.78, 5) is 12.2. The Labute approximate surface area is 154 Å². The molecule has 0 aliphatic rings. The molecule has 0 aliphatic carbocycles. The number of nitrogens with one attached hydrogen (secondary N) is 2. The van der Waals surface area contributed by atoms with Crippen molar-refractivity contribution in [2.75, 3.05) is 17.2 Å². The third-order valence-electron chi connectivity index (χ3n) is 3.86. The van der Waals surface area contributed by atoms with Crippen molar-refractivity contribution in [3.8, 4) is 0 Å². The van der Waals surface area contributed by atoms with Gasteiger partial charge in [0.2, 0.25) is 0 Å². The topological polar surface area (TPSA) is 61.4 Å². The molecule has 2 aromatic carbocycles. The summed E-state index contributed by atoms with van der Waals surface area (Å²) in [6, 6.07) is 14.8. The lowest BCUT2D eigenvalue weighted by Gasteiger charge is -2.12. The Bertz CT molecular complexity index is 792. The first kappa shape index (κ1) is 19.2. The molecule has 0 aliphatic heterocycles.